The molecular weight excluding hydrogens is 390 g/mol. The van der Waals surface area contributed by atoms with Crippen molar-refractivity contribution in [2.75, 3.05) is 60.1 Å². The third-order valence-electron chi connectivity index (χ3n) is 2.67. The summed E-state index contributed by atoms with van der Waals surface area (Å²) in [5.74, 6) is 7.06. The Morgan fingerprint density at radius 2 is 1.39 bits per heavy atom. The second-order valence-corrected chi connectivity index (χ2v) is 11.7. The Morgan fingerprint density at radius 3 is 1.83 bits per heavy atom. The normalized spacial score (nSPS) is 11.8. The van der Waals surface area contributed by atoms with Crippen LogP contribution >= 0.6 is 47.0 Å². The molecule has 0 N–H and O–H groups in total. The number of thioether (sulfide) groups is 4. The minimum absolute atomic E-state index is 0.0958. The minimum atomic E-state index is -3.04. The first kappa shape index (κ1) is 23.7. The maximum atomic E-state index is 11.3. The Kier molecular flexibility index (Phi) is 14.4. The van der Waals surface area contributed by atoms with E-state index in [1.165, 1.54) is 22.3 Å². The van der Waals surface area contributed by atoms with E-state index in [0.29, 0.717) is 12.1 Å². The van der Waals surface area contributed by atoms with E-state index in [1.54, 1.807) is 25.7 Å². The zero-order valence-corrected chi connectivity index (χ0v) is 18.2. The van der Waals surface area contributed by atoms with E-state index in [-0.39, 0.29) is 5.12 Å². The number of carbonyl (C=O) groups is 1. The number of hydrogen-bond donors (Lipinski definition) is 0. The van der Waals surface area contributed by atoms with Crippen LogP contribution in [0.15, 0.2) is 12.2 Å². The monoisotopic (exact) mass is 417 g/mol. The van der Waals surface area contributed by atoms with Crippen molar-refractivity contribution in [3.8, 4) is 0 Å². The average Bonchev–Trinajstić information content (AvgIpc) is 2.46. The molecule has 0 bridgehead atoms. The molecule has 0 aliphatic carbocycles. The van der Waals surface area contributed by atoms with E-state index in [4.69, 9.17) is 0 Å². The lowest BCUT2D eigenvalue weighted by Crippen LogP contribution is -2.27. The number of rotatable bonds is 14. The van der Waals surface area contributed by atoms with Gasteiger partial charge in [-0.3, -0.25) is 4.79 Å². The van der Waals surface area contributed by atoms with Gasteiger partial charge in [-0.2, -0.15) is 35.3 Å². The topological polar surface area (TPSA) is 54.5 Å². The van der Waals surface area contributed by atoms with Crippen LogP contribution in [0.5, 0.6) is 0 Å². The molecule has 0 aromatic rings. The lowest BCUT2D eigenvalue weighted by atomic mass is 10.4. The lowest BCUT2D eigenvalue weighted by Gasteiger charge is -2.13. The fourth-order valence-electron chi connectivity index (χ4n) is 1.22. The van der Waals surface area contributed by atoms with E-state index in [9.17, 15) is 13.2 Å². The van der Waals surface area contributed by atoms with Crippen molar-refractivity contribution in [3.63, 3.8) is 0 Å². The van der Waals surface area contributed by atoms with Crippen LogP contribution in [0.2, 0.25) is 0 Å². The Hall–Kier alpha value is 0.720. The van der Waals surface area contributed by atoms with Crippen LogP contribution in [0.4, 0.5) is 0 Å². The second-order valence-electron chi connectivity index (χ2n) is 4.84. The maximum Gasteiger partial charge on any atom is 0.214 e. The molecule has 23 heavy (non-hydrogen) atoms. The molecular formula is C14H27NO3S5. The van der Waals surface area contributed by atoms with Gasteiger partial charge in [0, 0.05) is 53.9 Å². The van der Waals surface area contributed by atoms with Crippen molar-refractivity contribution in [1.82, 2.24) is 4.31 Å². The van der Waals surface area contributed by atoms with Crippen molar-refractivity contribution in [2.45, 2.75) is 6.92 Å². The Morgan fingerprint density at radius 1 is 0.957 bits per heavy atom. The van der Waals surface area contributed by atoms with Gasteiger partial charge in [-0.25, -0.2) is 12.7 Å². The highest BCUT2D eigenvalue weighted by Gasteiger charge is 2.09. The van der Waals surface area contributed by atoms with E-state index in [0.717, 1.165) is 40.3 Å². The van der Waals surface area contributed by atoms with Crippen LogP contribution < -0.4 is 0 Å². The molecule has 0 amide bonds. The molecule has 0 spiro atoms. The molecule has 0 saturated heterocycles. The van der Waals surface area contributed by atoms with E-state index < -0.39 is 10.0 Å². The van der Waals surface area contributed by atoms with Gasteiger partial charge >= 0.3 is 0 Å². The van der Waals surface area contributed by atoms with Gasteiger partial charge in [0.05, 0.1) is 6.26 Å². The van der Waals surface area contributed by atoms with Crippen LogP contribution in [-0.2, 0) is 14.8 Å². The summed E-state index contributed by atoms with van der Waals surface area (Å²) in [6, 6.07) is 0. The summed E-state index contributed by atoms with van der Waals surface area (Å²) in [6.07, 6.45) is 1.23. The zero-order chi connectivity index (χ0) is 17.7. The average molecular weight is 418 g/mol. The Balaban J connectivity index is 3.28. The quantitative estimate of drug-likeness (QED) is 0.318. The first-order valence-corrected chi connectivity index (χ1v) is 13.5. The number of hydrogen-bond acceptors (Lipinski definition) is 7. The van der Waals surface area contributed by atoms with Gasteiger partial charge in [-0.15, -0.1) is 0 Å². The van der Waals surface area contributed by atoms with Crippen molar-refractivity contribution >= 4 is 62.2 Å². The SMILES string of the molecule is C=C(C)C(=O)SCCSCCSCCSCCN(C)S(C)(=O)=O. The largest absolute Gasteiger partial charge is 0.282 e. The standard InChI is InChI=1S/C14H27NO3S5/c1-13(2)14(16)22-12-11-21-10-9-20-8-7-19-6-5-15(3)23(4,17)18/h1,5-12H2,2-4H3. The van der Waals surface area contributed by atoms with Gasteiger partial charge in [-0.1, -0.05) is 18.3 Å². The van der Waals surface area contributed by atoms with E-state index >= 15 is 0 Å². The molecule has 9 heteroatoms. The molecule has 136 valence electrons. The summed E-state index contributed by atoms with van der Waals surface area (Å²) in [4.78, 5) is 11.3. The Labute approximate surface area is 158 Å². The molecule has 0 unspecified atom stereocenters. The molecule has 0 aromatic heterocycles. The molecule has 0 aliphatic rings. The van der Waals surface area contributed by atoms with Crippen molar-refractivity contribution in [2.24, 2.45) is 0 Å². The van der Waals surface area contributed by atoms with Crippen LogP contribution in [0.25, 0.3) is 0 Å². The minimum Gasteiger partial charge on any atom is -0.282 e. The molecule has 0 heterocycles. The van der Waals surface area contributed by atoms with Gasteiger partial charge in [0.1, 0.15) is 0 Å². The summed E-state index contributed by atoms with van der Waals surface area (Å²) in [5.41, 5.74) is 0.621. The lowest BCUT2D eigenvalue weighted by molar-refractivity contribution is -0.107. The van der Waals surface area contributed by atoms with Crippen LogP contribution in [0.1, 0.15) is 6.92 Å². The van der Waals surface area contributed by atoms with E-state index in [1.807, 2.05) is 23.5 Å². The summed E-state index contributed by atoms with van der Waals surface area (Å²) in [5, 5.41) is 0.0958. The highest BCUT2D eigenvalue weighted by Crippen LogP contribution is 2.14. The molecule has 0 radical (unpaired) electrons. The summed E-state index contributed by atoms with van der Waals surface area (Å²) in [7, 11) is -1.43. The number of nitrogens with zero attached hydrogens (tertiary/aromatic N) is 1. The summed E-state index contributed by atoms with van der Waals surface area (Å²) in [6.45, 7) is 5.95. The number of carbonyl (C=O) groups excluding carboxylic acids is 1. The van der Waals surface area contributed by atoms with Crippen molar-refractivity contribution in [1.29, 1.82) is 0 Å². The molecule has 0 fully saturated rings. The molecule has 0 aromatic carbocycles. The third-order valence-corrected chi connectivity index (χ3v) is 8.71. The van der Waals surface area contributed by atoms with Gasteiger partial charge in [0.15, 0.2) is 0 Å². The van der Waals surface area contributed by atoms with Crippen molar-refractivity contribution < 1.29 is 13.2 Å². The maximum absolute atomic E-state index is 11.3. The summed E-state index contributed by atoms with van der Waals surface area (Å²) >= 11 is 6.95. The predicted octanol–water partition coefficient (Wildman–Crippen LogP) is 2.91. The van der Waals surface area contributed by atoms with Gasteiger partial charge in [-0.05, 0) is 12.5 Å². The fraction of sp³-hybridized carbons (Fsp3) is 0.786. The van der Waals surface area contributed by atoms with Crippen LogP contribution in [0, 0.1) is 0 Å². The predicted molar refractivity (Wildman–Crippen MR) is 112 cm³/mol. The Bertz CT molecular complexity index is 453. The highest BCUT2D eigenvalue weighted by atomic mass is 32.2. The zero-order valence-electron chi connectivity index (χ0n) is 14.1. The smallest absolute Gasteiger partial charge is 0.214 e. The van der Waals surface area contributed by atoms with Gasteiger partial charge in [0.25, 0.3) is 0 Å². The first-order valence-electron chi connectivity index (χ1n) is 7.22. The number of sulfonamides is 1. The second kappa shape index (κ2) is 13.9. The van der Waals surface area contributed by atoms with Gasteiger partial charge in [0.2, 0.25) is 15.1 Å². The molecule has 0 aliphatic heterocycles. The third kappa shape index (κ3) is 14.7. The van der Waals surface area contributed by atoms with Crippen molar-refractivity contribution in [3.05, 3.63) is 12.2 Å². The summed E-state index contributed by atoms with van der Waals surface area (Å²) < 4.78 is 23.8. The fourth-order valence-corrected chi connectivity index (χ4v) is 5.89. The first-order chi connectivity index (χ1) is 10.7. The van der Waals surface area contributed by atoms with E-state index in [2.05, 4.69) is 6.58 Å². The molecule has 4 nitrogen and oxygen atoms in total. The van der Waals surface area contributed by atoms with Crippen LogP contribution in [0.3, 0.4) is 0 Å². The van der Waals surface area contributed by atoms with Gasteiger partial charge < -0.3 is 0 Å². The molecule has 0 atom stereocenters. The van der Waals surface area contributed by atoms with Crippen LogP contribution in [-0.4, -0.2) is 78.0 Å². The molecule has 0 saturated carbocycles. The highest BCUT2D eigenvalue weighted by molar-refractivity contribution is 8.14. The molecule has 0 rings (SSSR count).